The van der Waals surface area contributed by atoms with E-state index in [1.165, 1.54) is 42.8 Å². The number of aromatic nitrogens is 2. The minimum atomic E-state index is -3.63. The lowest BCUT2D eigenvalue weighted by Crippen LogP contribution is -2.32. The monoisotopic (exact) mass is 488 g/mol. The molecule has 0 fully saturated rings. The molecule has 0 aliphatic rings. The number of ether oxygens (including phenoxy) is 2. The molecule has 3 aromatic rings. The van der Waals surface area contributed by atoms with E-state index in [0.29, 0.717) is 43.0 Å². The fraction of sp³-hybridized carbons (Fsp3) is 0.348. The molecule has 2 aromatic carbocycles. The van der Waals surface area contributed by atoms with Crippen LogP contribution < -0.4 is 14.8 Å². The van der Waals surface area contributed by atoms with Crippen LogP contribution in [0, 0.1) is 0 Å². The molecule has 0 unspecified atom stereocenters. The van der Waals surface area contributed by atoms with Crippen molar-refractivity contribution in [2.45, 2.75) is 31.6 Å². The number of benzene rings is 2. The number of methoxy groups -OCH3 is 2. The highest BCUT2D eigenvalue weighted by Crippen LogP contribution is 2.37. The summed E-state index contributed by atoms with van der Waals surface area (Å²) in [5.74, 6) is 0.527. The van der Waals surface area contributed by atoms with Crippen molar-refractivity contribution in [1.82, 2.24) is 14.5 Å². The standard InChI is InChI=1S/C23H28N4O6S/c1-5-14-27(15-6-2)34(29,30)17-12-10-16(11-13-17)21(28)24-23-26-25-22(33-23)20-18(31-3)8-7-9-19(20)32-4/h7-13H,5-6,14-15H2,1-4H3,(H,24,26,28). The smallest absolute Gasteiger partial charge is 0.322 e. The van der Waals surface area contributed by atoms with E-state index in [9.17, 15) is 13.2 Å². The van der Waals surface area contributed by atoms with Crippen LogP contribution in [0.25, 0.3) is 11.5 Å². The minimum Gasteiger partial charge on any atom is -0.496 e. The molecule has 3 rings (SSSR count). The second-order valence-corrected chi connectivity index (χ2v) is 9.27. The van der Waals surface area contributed by atoms with Crippen LogP contribution in [0.15, 0.2) is 51.8 Å². The Morgan fingerprint density at radius 1 is 0.971 bits per heavy atom. The second-order valence-electron chi connectivity index (χ2n) is 7.33. The summed E-state index contributed by atoms with van der Waals surface area (Å²) in [7, 11) is -0.620. The van der Waals surface area contributed by atoms with E-state index in [0.717, 1.165) is 0 Å². The largest absolute Gasteiger partial charge is 0.496 e. The van der Waals surface area contributed by atoms with Crippen LogP contribution in [0.3, 0.4) is 0 Å². The van der Waals surface area contributed by atoms with Crippen LogP contribution in [0.2, 0.25) is 0 Å². The fourth-order valence-corrected chi connectivity index (χ4v) is 5.01. The van der Waals surface area contributed by atoms with Crippen LogP contribution in [0.1, 0.15) is 37.0 Å². The first kappa shape index (κ1) is 25.2. The first-order chi connectivity index (χ1) is 16.3. The van der Waals surface area contributed by atoms with Gasteiger partial charge in [-0.15, -0.1) is 5.10 Å². The van der Waals surface area contributed by atoms with Gasteiger partial charge in [0.15, 0.2) is 0 Å². The number of carbonyl (C=O) groups excluding carboxylic acids is 1. The summed E-state index contributed by atoms with van der Waals surface area (Å²) in [5.41, 5.74) is 0.699. The maximum absolute atomic E-state index is 12.9. The summed E-state index contributed by atoms with van der Waals surface area (Å²) in [5, 5.41) is 10.4. The third-order valence-electron chi connectivity index (χ3n) is 4.99. The van der Waals surface area contributed by atoms with Gasteiger partial charge in [0.05, 0.1) is 19.1 Å². The molecule has 10 nitrogen and oxygen atoms in total. The van der Waals surface area contributed by atoms with E-state index in [4.69, 9.17) is 13.9 Å². The van der Waals surface area contributed by atoms with Crippen molar-refractivity contribution >= 4 is 21.9 Å². The van der Waals surface area contributed by atoms with Gasteiger partial charge in [0.1, 0.15) is 17.1 Å². The van der Waals surface area contributed by atoms with E-state index in [-0.39, 0.29) is 22.4 Å². The van der Waals surface area contributed by atoms with E-state index in [1.807, 2.05) is 13.8 Å². The minimum absolute atomic E-state index is 0.109. The number of sulfonamides is 1. The first-order valence-electron chi connectivity index (χ1n) is 10.8. The molecule has 1 heterocycles. The van der Waals surface area contributed by atoms with Crippen LogP contribution in [0.5, 0.6) is 11.5 Å². The third-order valence-corrected chi connectivity index (χ3v) is 6.90. The maximum atomic E-state index is 12.9. The number of anilines is 1. The van der Waals surface area contributed by atoms with Crippen molar-refractivity contribution in [3.63, 3.8) is 0 Å². The Kier molecular flexibility index (Phi) is 8.24. The van der Waals surface area contributed by atoms with Gasteiger partial charge in [-0.1, -0.05) is 25.0 Å². The van der Waals surface area contributed by atoms with Gasteiger partial charge in [-0.05, 0) is 49.2 Å². The Hall–Kier alpha value is -3.44. The van der Waals surface area contributed by atoms with Crippen LogP contribution in [0.4, 0.5) is 6.01 Å². The predicted molar refractivity (Wildman–Crippen MR) is 127 cm³/mol. The first-order valence-corrected chi connectivity index (χ1v) is 12.3. The number of nitrogens with zero attached hydrogens (tertiary/aromatic N) is 3. The average molecular weight is 489 g/mol. The Labute approximate surface area is 198 Å². The van der Waals surface area contributed by atoms with Crippen molar-refractivity contribution < 1.29 is 27.1 Å². The van der Waals surface area contributed by atoms with Gasteiger partial charge >= 0.3 is 6.01 Å². The lowest BCUT2D eigenvalue weighted by molar-refractivity contribution is 0.102. The fourth-order valence-electron chi connectivity index (χ4n) is 3.38. The highest BCUT2D eigenvalue weighted by Gasteiger charge is 2.24. The Morgan fingerprint density at radius 3 is 2.09 bits per heavy atom. The van der Waals surface area contributed by atoms with Crippen molar-refractivity contribution in [3.8, 4) is 23.0 Å². The molecule has 1 amide bonds. The van der Waals surface area contributed by atoms with Gasteiger partial charge in [0, 0.05) is 18.7 Å². The Balaban J connectivity index is 1.78. The zero-order chi connectivity index (χ0) is 24.7. The zero-order valence-corrected chi connectivity index (χ0v) is 20.4. The lowest BCUT2D eigenvalue weighted by Gasteiger charge is -2.21. The number of carbonyl (C=O) groups is 1. The highest BCUT2D eigenvalue weighted by atomic mass is 32.2. The summed E-state index contributed by atoms with van der Waals surface area (Å²) in [6, 6.07) is 10.8. The zero-order valence-electron chi connectivity index (χ0n) is 19.6. The molecule has 0 aliphatic heterocycles. The average Bonchev–Trinajstić information content (AvgIpc) is 3.31. The summed E-state index contributed by atoms with van der Waals surface area (Å²) in [6.45, 7) is 4.74. The summed E-state index contributed by atoms with van der Waals surface area (Å²) >= 11 is 0. The van der Waals surface area contributed by atoms with E-state index in [2.05, 4.69) is 15.5 Å². The van der Waals surface area contributed by atoms with Gasteiger partial charge in [-0.2, -0.15) is 4.31 Å². The summed E-state index contributed by atoms with van der Waals surface area (Å²) in [4.78, 5) is 12.8. The third kappa shape index (κ3) is 5.37. The SMILES string of the molecule is CCCN(CCC)S(=O)(=O)c1ccc(C(=O)Nc2nnc(-c3c(OC)cccc3OC)o2)cc1. The van der Waals surface area contributed by atoms with Crippen molar-refractivity contribution in [1.29, 1.82) is 0 Å². The van der Waals surface area contributed by atoms with E-state index >= 15 is 0 Å². The molecule has 1 aromatic heterocycles. The molecule has 0 atom stereocenters. The van der Waals surface area contributed by atoms with Gasteiger partial charge in [0.2, 0.25) is 10.0 Å². The second kappa shape index (κ2) is 11.1. The molecular formula is C23H28N4O6S. The molecule has 0 radical (unpaired) electrons. The molecule has 0 saturated heterocycles. The highest BCUT2D eigenvalue weighted by molar-refractivity contribution is 7.89. The number of amides is 1. The maximum Gasteiger partial charge on any atom is 0.322 e. The van der Waals surface area contributed by atoms with Crippen molar-refractivity contribution in [2.75, 3.05) is 32.6 Å². The van der Waals surface area contributed by atoms with Crippen LogP contribution in [-0.4, -0.2) is 56.1 Å². The molecule has 34 heavy (non-hydrogen) atoms. The quantitative estimate of drug-likeness (QED) is 0.432. The lowest BCUT2D eigenvalue weighted by atomic mass is 10.2. The molecule has 0 aliphatic carbocycles. The summed E-state index contributed by atoms with van der Waals surface area (Å²) < 4.78 is 43.5. The van der Waals surface area contributed by atoms with Crippen LogP contribution in [-0.2, 0) is 10.0 Å². The number of hydrogen-bond acceptors (Lipinski definition) is 8. The van der Waals surface area contributed by atoms with Crippen molar-refractivity contribution in [2.24, 2.45) is 0 Å². The Bertz CT molecular complexity index is 1200. The molecule has 0 saturated carbocycles. The topological polar surface area (TPSA) is 124 Å². The van der Waals surface area contributed by atoms with Gasteiger partial charge in [-0.25, -0.2) is 8.42 Å². The molecular weight excluding hydrogens is 460 g/mol. The predicted octanol–water partition coefficient (Wildman–Crippen LogP) is 3.82. The molecule has 0 spiro atoms. The van der Waals surface area contributed by atoms with Gasteiger partial charge < -0.3 is 13.9 Å². The normalized spacial score (nSPS) is 11.4. The molecule has 0 bridgehead atoms. The number of rotatable bonds is 11. The van der Waals surface area contributed by atoms with Crippen LogP contribution >= 0.6 is 0 Å². The van der Waals surface area contributed by atoms with Gasteiger partial charge in [-0.3, -0.25) is 10.1 Å². The molecule has 11 heteroatoms. The Morgan fingerprint density at radius 2 is 1.56 bits per heavy atom. The summed E-state index contributed by atoms with van der Waals surface area (Å²) in [6.07, 6.45) is 1.43. The molecule has 1 N–H and O–H groups in total. The number of nitrogens with one attached hydrogen (secondary N) is 1. The van der Waals surface area contributed by atoms with E-state index in [1.54, 1.807) is 18.2 Å². The number of hydrogen-bond donors (Lipinski definition) is 1. The van der Waals surface area contributed by atoms with Crippen molar-refractivity contribution in [3.05, 3.63) is 48.0 Å². The van der Waals surface area contributed by atoms with E-state index < -0.39 is 15.9 Å². The van der Waals surface area contributed by atoms with Gasteiger partial charge in [0.25, 0.3) is 11.8 Å². The molecule has 182 valence electrons.